The van der Waals surface area contributed by atoms with Gasteiger partial charge in [0, 0.05) is 32.2 Å². The van der Waals surface area contributed by atoms with E-state index in [1.165, 1.54) is 4.68 Å². The van der Waals surface area contributed by atoms with Crippen LogP contribution < -0.4 is 15.8 Å². The fourth-order valence-corrected chi connectivity index (χ4v) is 2.57. The molecule has 0 aliphatic carbocycles. The zero-order valence-corrected chi connectivity index (χ0v) is 12.4. The van der Waals surface area contributed by atoms with Gasteiger partial charge in [0.15, 0.2) is 0 Å². The van der Waals surface area contributed by atoms with Crippen molar-refractivity contribution in [2.75, 3.05) is 24.5 Å². The van der Waals surface area contributed by atoms with E-state index in [9.17, 15) is 4.79 Å². The number of nitrogens with one attached hydrogen (secondary N) is 1. The quantitative estimate of drug-likeness (QED) is 0.910. The Labute approximate surface area is 118 Å². The van der Waals surface area contributed by atoms with Gasteiger partial charge in [0.1, 0.15) is 5.02 Å². The first-order chi connectivity index (χ1) is 8.99. The zero-order valence-electron chi connectivity index (χ0n) is 11.7. The lowest BCUT2D eigenvalue weighted by Crippen LogP contribution is -2.49. The van der Waals surface area contributed by atoms with Gasteiger partial charge in [-0.25, -0.2) is 4.68 Å². The van der Waals surface area contributed by atoms with Crippen LogP contribution in [0.2, 0.25) is 5.02 Å². The van der Waals surface area contributed by atoms with Gasteiger partial charge in [0.25, 0.3) is 5.56 Å². The molecule has 0 unspecified atom stereocenters. The Bertz CT molecular complexity index is 500. The fraction of sp³-hybridized carbons (Fsp3) is 0.692. The summed E-state index contributed by atoms with van der Waals surface area (Å²) in [5.41, 5.74) is 0.555. The number of aromatic nitrogens is 2. The lowest BCUT2D eigenvalue weighted by atomic mass is 10.2. The van der Waals surface area contributed by atoms with Crippen molar-refractivity contribution < 1.29 is 0 Å². The first-order valence-electron chi connectivity index (χ1n) is 6.73. The molecule has 1 N–H and O–H groups in total. The zero-order chi connectivity index (χ0) is 14.0. The second-order valence-corrected chi connectivity index (χ2v) is 5.90. The Balaban J connectivity index is 2.28. The molecule has 1 aromatic heterocycles. The van der Waals surface area contributed by atoms with Crippen LogP contribution in [0.1, 0.15) is 20.8 Å². The summed E-state index contributed by atoms with van der Waals surface area (Å²) in [6, 6.07) is 0.392. The summed E-state index contributed by atoms with van der Waals surface area (Å²) in [5.74, 6) is 0.367. The maximum absolute atomic E-state index is 12.2. The molecule has 0 saturated carbocycles. The van der Waals surface area contributed by atoms with E-state index in [2.05, 4.69) is 22.2 Å². The largest absolute Gasteiger partial charge is 0.366 e. The summed E-state index contributed by atoms with van der Waals surface area (Å²) >= 11 is 6.23. The molecule has 1 aromatic rings. The number of nitrogens with zero attached hydrogens (tertiary/aromatic N) is 3. The van der Waals surface area contributed by atoms with Crippen LogP contribution >= 0.6 is 11.6 Å². The van der Waals surface area contributed by atoms with Crippen LogP contribution in [0.15, 0.2) is 11.0 Å². The van der Waals surface area contributed by atoms with Crippen LogP contribution in [0.5, 0.6) is 0 Å². The van der Waals surface area contributed by atoms with Crippen LogP contribution in [-0.2, 0) is 6.54 Å². The molecule has 5 nitrogen and oxygen atoms in total. The van der Waals surface area contributed by atoms with Gasteiger partial charge in [-0.1, -0.05) is 25.4 Å². The summed E-state index contributed by atoms with van der Waals surface area (Å²) in [6.07, 6.45) is 1.71. The molecule has 1 atom stereocenters. The lowest BCUT2D eigenvalue weighted by molar-refractivity contribution is 0.459. The summed E-state index contributed by atoms with van der Waals surface area (Å²) < 4.78 is 1.45. The highest BCUT2D eigenvalue weighted by atomic mass is 35.5. The number of piperazine rings is 1. The predicted molar refractivity (Wildman–Crippen MR) is 78.0 cm³/mol. The maximum Gasteiger partial charge on any atom is 0.287 e. The maximum atomic E-state index is 12.2. The smallest absolute Gasteiger partial charge is 0.287 e. The van der Waals surface area contributed by atoms with Crippen molar-refractivity contribution in [3.63, 3.8) is 0 Å². The van der Waals surface area contributed by atoms with Gasteiger partial charge in [-0.15, -0.1) is 0 Å². The minimum Gasteiger partial charge on any atom is -0.366 e. The highest BCUT2D eigenvalue weighted by molar-refractivity contribution is 6.33. The molecule has 1 saturated heterocycles. The SMILES string of the molecule is CC(C)Cn1ncc(N2CCN[C@H](C)C2)c(Cl)c1=O. The van der Waals surface area contributed by atoms with E-state index in [0.29, 0.717) is 18.5 Å². The first-order valence-corrected chi connectivity index (χ1v) is 7.10. The van der Waals surface area contributed by atoms with Gasteiger partial charge in [-0.05, 0) is 12.8 Å². The average molecular weight is 285 g/mol. The Morgan fingerprint density at radius 2 is 2.32 bits per heavy atom. The summed E-state index contributed by atoms with van der Waals surface area (Å²) in [7, 11) is 0. The topological polar surface area (TPSA) is 50.2 Å². The minimum atomic E-state index is -0.195. The monoisotopic (exact) mass is 284 g/mol. The molecule has 0 spiro atoms. The number of hydrogen-bond donors (Lipinski definition) is 1. The van der Waals surface area contributed by atoms with Gasteiger partial charge >= 0.3 is 0 Å². The highest BCUT2D eigenvalue weighted by Gasteiger charge is 2.20. The molecule has 6 heteroatoms. The Hall–Kier alpha value is -1.07. The number of hydrogen-bond acceptors (Lipinski definition) is 4. The number of halogens is 1. The van der Waals surface area contributed by atoms with Crippen LogP contribution in [-0.4, -0.2) is 35.5 Å². The molecule has 2 heterocycles. The fourth-order valence-electron chi connectivity index (χ4n) is 2.30. The second kappa shape index (κ2) is 5.92. The average Bonchev–Trinajstić information content (AvgIpc) is 2.35. The van der Waals surface area contributed by atoms with E-state index in [1.807, 2.05) is 13.8 Å². The van der Waals surface area contributed by atoms with Crippen molar-refractivity contribution in [1.29, 1.82) is 0 Å². The van der Waals surface area contributed by atoms with Crippen LogP contribution in [0, 0.1) is 5.92 Å². The van der Waals surface area contributed by atoms with Crippen molar-refractivity contribution >= 4 is 17.3 Å². The van der Waals surface area contributed by atoms with E-state index in [-0.39, 0.29) is 10.6 Å². The first kappa shape index (κ1) is 14.3. The standard InChI is InChI=1S/C13H21ClN4O/c1-9(2)7-18-13(19)12(14)11(6-16-18)17-5-4-15-10(3)8-17/h6,9-10,15H,4-5,7-8H2,1-3H3/t10-/m1/s1. The third kappa shape index (κ3) is 3.28. The predicted octanol–water partition coefficient (Wildman–Crippen LogP) is 1.35. The summed E-state index contributed by atoms with van der Waals surface area (Å²) in [4.78, 5) is 14.3. The van der Waals surface area contributed by atoms with E-state index in [4.69, 9.17) is 11.6 Å². The van der Waals surface area contributed by atoms with E-state index in [0.717, 1.165) is 25.3 Å². The second-order valence-electron chi connectivity index (χ2n) is 5.53. The van der Waals surface area contributed by atoms with Crippen LogP contribution in [0.3, 0.4) is 0 Å². The molecule has 0 aromatic carbocycles. The van der Waals surface area contributed by atoms with E-state index < -0.39 is 0 Å². The molecule has 0 amide bonds. The van der Waals surface area contributed by atoms with Gasteiger partial charge in [-0.3, -0.25) is 4.79 Å². The van der Waals surface area contributed by atoms with E-state index >= 15 is 0 Å². The van der Waals surface area contributed by atoms with Crippen molar-refractivity contribution in [2.24, 2.45) is 5.92 Å². The Morgan fingerprint density at radius 3 is 2.95 bits per heavy atom. The van der Waals surface area contributed by atoms with Gasteiger partial charge in [0.2, 0.25) is 0 Å². The molecule has 0 radical (unpaired) electrons. The van der Waals surface area contributed by atoms with Crippen LogP contribution in [0.25, 0.3) is 0 Å². The van der Waals surface area contributed by atoms with Crippen molar-refractivity contribution in [3.8, 4) is 0 Å². The van der Waals surface area contributed by atoms with Crippen LogP contribution in [0.4, 0.5) is 5.69 Å². The van der Waals surface area contributed by atoms with Crippen molar-refractivity contribution in [3.05, 3.63) is 21.6 Å². The third-order valence-electron chi connectivity index (χ3n) is 3.21. The molecule has 1 fully saturated rings. The normalized spacial score (nSPS) is 20.1. The highest BCUT2D eigenvalue weighted by Crippen LogP contribution is 2.22. The molecule has 106 valence electrons. The van der Waals surface area contributed by atoms with Gasteiger partial charge < -0.3 is 10.2 Å². The molecular formula is C13H21ClN4O. The molecular weight excluding hydrogens is 264 g/mol. The summed E-state index contributed by atoms with van der Waals surface area (Å²) in [5, 5.41) is 7.88. The van der Waals surface area contributed by atoms with Crippen molar-refractivity contribution in [1.82, 2.24) is 15.1 Å². The molecule has 1 aliphatic rings. The third-order valence-corrected chi connectivity index (χ3v) is 3.57. The molecule has 1 aliphatic heterocycles. The Kier molecular flexibility index (Phi) is 4.47. The molecule has 2 rings (SSSR count). The number of anilines is 1. The Morgan fingerprint density at radius 1 is 1.58 bits per heavy atom. The lowest BCUT2D eigenvalue weighted by Gasteiger charge is -2.33. The minimum absolute atomic E-state index is 0.195. The summed E-state index contributed by atoms with van der Waals surface area (Å²) in [6.45, 7) is 9.40. The van der Waals surface area contributed by atoms with Crippen molar-refractivity contribution in [2.45, 2.75) is 33.4 Å². The molecule has 0 bridgehead atoms. The van der Waals surface area contributed by atoms with Gasteiger partial charge in [-0.2, -0.15) is 5.10 Å². The molecule has 19 heavy (non-hydrogen) atoms. The van der Waals surface area contributed by atoms with E-state index in [1.54, 1.807) is 6.20 Å². The number of rotatable bonds is 3. The van der Waals surface area contributed by atoms with Gasteiger partial charge in [0.05, 0.1) is 11.9 Å².